The molecule has 2 rings (SSSR count). The number of carboxylic acids is 1. The summed E-state index contributed by atoms with van der Waals surface area (Å²) in [6.07, 6.45) is 1.09. The maximum atomic E-state index is 10.7. The molecule has 2 aromatic rings. The highest BCUT2D eigenvalue weighted by atomic mass is 16.6. The summed E-state index contributed by atoms with van der Waals surface area (Å²) in [7, 11) is 1.51. The molecule has 0 aliphatic heterocycles. The second-order valence-corrected chi connectivity index (χ2v) is 3.23. The van der Waals surface area contributed by atoms with E-state index in [1.165, 1.54) is 17.8 Å². The lowest BCUT2D eigenvalue weighted by atomic mass is 10.2. The third-order valence-electron chi connectivity index (χ3n) is 2.17. The quantitative estimate of drug-likeness (QED) is 0.588. The van der Waals surface area contributed by atoms with Crippen molar-refractivity contribution in [3.05, 3.63) is 28.1 Å². The first kappa shape index (κ1) is 10.8. The summed E-state index contributed by atoms with van der Waals surface area (Å²) in [6, 6.07) is 1.21. The average molecular weight is 237 g/mol. The number of nitrogens with one attached hydrogen (secondary N) is 1. The van der Waals surface area contributed by atoms with Gasteiger partial charge in [0.2, 0.25) is 0 Å². The number of hydrogen-bond donors (Lipinski definition) is 2. The van der Waals surface area contributed by atoms with Crippen molar-refractivity contribution in [3.8, 4) is 11.4 Å². The summed E-state index contributed by atoms with van der Waals surface area (Å²) in [5.74, 6) is -1.19. The molecule has 17 heavy (non-hydrogen) atoms. The summed E-state index contributed by atoms with van der Waals surface area (Å²) in [6.45, 7) is 0. The van der Waals surface area contributed by atoms with Crippen LogP contribution in [0.15, 0.2) is 12.3 Å². The fourth-order valence-corrected chi connectivity index (χ4v) is 1.41. The Balaban J connectivity index is 2.55. The molecule has 9 heteroatoms. The fraction of sp³-hybridized carbons (Fsp3) is 0.125. The van der Waals surface area contributed by atoms with Crippen LogP contribution < -0.4 is 0 Å². The second-order valence-electron chi connectivity index (χ2n) is 3.23. The Morgan fingerprint density at radius 3 is 2.88 bits per heavy atom. The predicted molar refractivity (Wildman–Crippen MR) is 54.4 cm³/mol. The number of nitro groups is 1. The van der Waals surface area contributed by atoms with Crippen molar-refractivity contribution >= 4 is 11.7 Å². The Morgan fingerprint density at radius 2 is 2.35 bits per heavy atom. The molecule has 0 saturated carbocycles. The normalized spacial score (nSPS) is 10.4. The van der Waals surface area contributed by atoms with Gasteiger partial charge in [0.25, 0.3) is 0 Å². The summed E-state index contributed by atoms with van der Waals surface area (Å²) >= 11 is 0. The van der Waals surface area contributed by atoms with Crippen LogP contribution in [-0.2, 0) is 7.05 Å². The number of aromatic amines is 1. The van der Waals surface area contributed by atoms with Crippen LogP contribution in [0.5, 0.6) is 0 Å². The molecule has 0 aliphatic rings. The van der Waals surface area contributed by atoms with Crippen LogP contribution >= 0.6 is 0 Å². The van der Waals surface area contributed by atoms with E-state index in [0.717, 1.165) is 6.20 Å². The van der Waals surface area contributed by atoms with Crippen LogP contribution in [0.3, 0.4) is 0 Å². The molecule has 0 aromatic carbocycles. The number of aromatic carboxylic acids is 1. The van der Waals surface area contributed by atoms with Crippen LogP contribution in [0.2, 0.25) is 0 Å². The molecule has 0 atom stereocenters. The van der Waals surface area contributed by atoms with Gasteiger partial charge in [0.1, 0.15) is 17.6 Å². The zero-order valence-corrected chi connectivity index (χ0v) is 8.62. The van der Waals surface area contributed by atoms with Gasteiger partial charge in [-0.3, -0.25) is 19.9 Å². The van der Waals surface area contributed by atoms with Crippen molar-refractivity contribution in [1.29, 1.82) is 0 Å². The van der Waals surface area contributed by atoms with Crippen LogP contribution in [0.4, 0.5) is 5.69 Å². The minimum atomic E-state index is -1.19. The van der Waals surface area contributed by atoms with Gasteiger partial charge in [-0.1, -0.05) is 0 Å². The molecular weight excluding hydrogens is 230 g/mol. The first-order valence-electron chi connectivity index (χ1n) is 4.46. The van der Waals surface area contributed by atoms with Crippen LogP contribution in [0.1, 0.15) is 10.5 Å². The zero-order chi connectivity index (χ0) is 12.6. The molecule has 0 bridgehead atoms. The molecule has 0 amide bonds. The maximum Gasteiger partial charge on any atom is 0.353 e. The van der Waals surface area contributed by atoms with E-state index in [9.17, 15) is 14.9 Å². The van der Waals surface area contributed by atoms with Crippen molar-refractivity contribution in [2.45, 2.75) is 0 Å². The molecule has 0 saturated heterocycles. The van der Waals surface area contributed by atoms with Gasteiger partial charge in [-0.25, -0.2) is 4.79 Å². The van der Waals surface area contributed by atoms with Crippen molar-refractivity contribution in [3.63, 3.8) is 0 Å². The lowest BCUT2D eigenvalue weighted by Crippen LogP contribution is -1.96. The molecule has 0 radical (unpaired) electrons. The van der Waals surface area contributed by atoms with Gasteiger partial charge in [-0.15, -0.1) is 0 Å². The molecule has 0 unspecified atom stereocenters. The van der Waals surface area contributed by atoms with E-state index in [4.69, 9.17) is 5.11 Å². The Bertz CT molecular complexity index is 599. The van der Waals surface area contributed by atoms with Gasteiger partial charge in [0.15, 0.2) is 5.69 Å². The number of nitrogens with zero attached hydrogens (tertiary/aromatic N) is 4. The Hall–Kier alpha value is -2.71. The van der Waals surface area contributed by atoms with Crippen LogP contribution in [0.25, 0.3) is 11.4 Å². The fourth-order valence-electron chi connectivity index (χ4n) is 1.41. The van der Waals surface area contributed by atoms with Gasteiger partial charge in [-0.2, -0.15) is 10.2 Å². The molecule has 88 valence electrons. The second kappa shape index (κ2) is 3.70. The van der Waals surface area contributed by atoms with Gasteiger partial charge >= 0.3 is 11.7 Å². The smallest absolute Gasteiger partial charge is 0.353 e. The number of H-pyrrole nitrogens is 1. The maximum absolute atomic E-state index is 10.7. The Kier molecular flexibility index (Phi) is 2.35. The van der Waals surface area contributed by atoms with Crippen molar-refractivity contribution in [2.24, 2.45) is 7.05 Å². The molecule has 0 aliphatic carbocycles. The van der Waals surface area contributed by atoms with Crippen molar-refractivity contribution < 1.29 is 14.8 Å². The molecule has 0 fully saturated rings. The Morgan fingerprint density at radius 1 is 1.65 bits per heavy atom. The Labute approximate surface area is 93.8 Å². The highest BCUT2D eigenvalue weighted by molar-refractivity contribution is 5.87. The first-order valence-corrected chi connectivity index (χ1v) is 4.46. The van der Waals surface area contributed by atoms with Gasteiger partial charge in [0.05, 0.1) is 4.92 Å². The SMILES string of the molecule is Cn1ncc([N+](=O)[O-])c1-c1cc(C(=O)O)[nH]n1. The van der Waals surface area contributed by atoms with Crippen molar-refractivity contribution in [1.82, 2.24) is 20.0 Å². The zero-order valence-electron chi connectivity index (χ0n) is 8.62. The minimum absolute atomic E-state index is 0.143. The molecule has 2 N–H and O–H groups in total. The number of aryl methyl sites for hydroxylation is 1. The summed E-state index contributed by atoms with van der Waals surface area (Å²) in [5, 5.41) is 29.2. The molecule has 2 heterocycles. The standard InChI is InChI=1S/C8H7N5O4/c1-12-7(6(3-9-12)13(16)17)4-2-5(8(14)15)11-10-4/h2-3H,1H3,(H,10,11)(H,14,15). The number of hydrogen-bond acceptors (Lipinski definition) is 5. The highest BCUT2D eigenvalue weighted by Crippen LogP contribution is 2.27. The number of aromatic nitrogens is 4. The van der Waals surface area contributed by atoms with Crippen LogP contribution in [0, 0.1) is 10.1 Å². The van der Waals surface area contributed by atoms with E-state index in [1.807, 2.05) is 0 Å². The van der Waals surface area contributed by atoms with Gasteiger partial charge < -0.3 is 5.11 Å². The lowest BCUT2D eigenvalue weighted by molar-refractivity contribution is -0.384. The van der Waals surface area contributed by atoms with E-state index < -0.39 is 10.9 Å². The largest absolute Gasteiger partial charge is 0.477 e. The highest BCUT2D eigenvalue weighted by Gasteiger charge is 2.23. The molecule has 9 nitrogen and oxygen atoms in total. The van der Waals surface area contributed by atoms with E-state index in [2.05, 4.69) is 15.3 Å². The summed E-state index contributed by atoms with van der Waals surface area (Å²) in [5.41, 5.74) is -0.0562. The van der Waals surface area contributed by atoms with E-state index in [1.54, 1.807) is 0 Å². The van der Waals surface area contributed by atoms with E-state index in [0.29, 0.717) is 0 Å². The summed E-state index contributed by atoms with van der Waals surface area (Å²) < 4.78 is 1.26. The third kappa shape index (κ3) is 1.73. The van der Waals surface area contributed by atoms with Gasteiger partial charge in [-0.05, 0) is 0 Å². The third-order valence-corrected chi connectivity index (χ3v) is 2.17. The molecule has 0 spiro atoms. The predicted octanol–water partition coefficient (Wildman–Crippen LogP) is 0.417. The molecular formula is C8H7N5O4. The first-order chi connectivity index (χ1) is 8.00. The van der Waals surface area contributed by atoms with Gasteiger partial charge in [0, 0.05) is 13.1 Å². The number of rotatable bonds is 3. The average Bonchev–Trinajstić information content (AvgIpc) is 2.82. The number of carboxylic acid groups (broad SMARTS) is 1. The number of carbonyl (C=O) groups is 1. The topological polar surface area (TPSA) is 127 Å². The minimum Gasteiger partial charge on any atom is -0.477 e. The van der Waals surface area contributed by atoms with E-state index >= 15 is 0 Å². The monoisotopic (exact) mass is 237 g/mol. The van der Waals surface area contributed by atoms with Crippen molar-refractivity contribution in [2.75, 3.05) is 0 Å². The summed E-state index contributed by atoms with van der Waals surface area (Å²) in [4.78, 5) is 20.8. The lowest BCUT2D eigenvalue weighted by Gasteiger charge is -1.95. The van der Waals surface area contributed by atoms with Crippen LogP contribution in [-0.4, -0.2) is 36.0 Å². The molecule has 2 aromatic heterocycles. The van der Waals surface area contributed by atoms with E-state index in [-0.39, 0.29) is 22.8 Å².